The first-order valence-electron chi connectivity index (χ1n) is 18.5. The molecule has 3 aliphatic carbocycles. The van der Waals surface area contributed by atoms with Crippen molar-refractivity contribution < 1.29 is 24.3 Å². The topological polar surface area (TPSA) is 104 Å². The van der Waals surface area contributed by atoms with E-state index in [9.17, 15) is 14.7 Å². The zero-order valence-electron chi connectivity index (χ0n) is 29.7. The van der Waals surface area contributed by atoms with E-state index in [0.717, 1.165) is 28.1 Å². The van der Waals surface area contributed by atoms with Gasteiger partial charge in [0.25, 0.3) is 0 Å². The van der Waals surface area contributed by atoms with Crippen molar-refractivity contribution in [2.45, 2.75) is 31.1 Å². The molecule has 1 aliphatic heterocycles. The summed E-state index contributed by atoms with van der Waals surface area (Å²) < 4.78 is 0. The number of Topliss-reactive ketones (excluding diaryl/α,β-unsaturated/α-hetero) is 1. The molecule has 5 aromatic rings. The number of ketones is 2. The molecular weight excluding hydrogens is 673 g/mol. The van der Waals surface area contributed by atoms with E-state index in [1.54, 1.807) is 18.2 Å². The van der Waals surface area contributed by atoms with Crippen LogP contribution in [0.3, 0.4) is 0 Å². The molecule has 0 radical (unpaired) electrons. The summed E-state index contributed by atoms with van der Waals surface area (Å²) in [6.45, 7) is 1.82. The Morgan fingerprint density at radius 2 is 1.37 bits per heavy atom. The highest BCUT2D eigenvalue weighted by Gasteiger charge is 2.66. The molecule has 7 nitrogen and oxygen atoms in total. The maximum atomic E-state index is 15.2. The number of amides is 2. The van der Waals surface area contributed by atoms with Gasteiger partial charge in [0.15, 0.2) is 11.6 Å². The molecule has 0 spiro atoms. The van der Waals surface area contributed by atoms with E-state index in [4.69, 9.17) is 0 Å². The van der Waals surface area contributed by atoms with Gasteiger partial charge >= 0.3 is 0 Å². The Hall–Kier alpha value is -6.34. The van der Waals surface area contributed by atoms with E-state index in [1.807, 2.05) is 122 Å². The molecule has 266 valence electrons. The first kappa shape index (κ1) is 33.5. The smallest absolute Gasteiger partial charge is 0.238 e. The zero-order valence-corrected chi connectivity index (χ0v) is 29.7. The van der Waals surface area contributed by atoms with Crippen molar-refractivity contribution in [3.63, 3.8) is 0 Å². The molecular formula is C47H38N2O5. The van der Waals surface area contributed by atoms with Gasteiger partial charge < -0.3 is 10.4 Å². The van der Waals surface area contributed by atoms with Crippen LogP contribution in [0.2, 0.25) is 0 Å². The second-order valence-electron chi connectivity index (χ2n) is 14.9. The molecule has 6 unspecified atom stereocenters. The fraction of sp³-hybridized carbons (Fsp3) is 0.191. The van der Waals surface area contributed by atoms with Crippen molar-refractivity contribution >= 4 is 46.0 Å². The summed E-state index contributed by atoms with van der Waals surface area (Å²) >= 11 is 0. The number of carbonyl (C=O) groups is 4. The number of carbonyl (C=O) groups excluding carboxylic acids is 4. The molecule has 2 N–H and O–H groups in total. The lowest BCUT2D eigenvalue weighted by Crippen LogP contribution is -2.58. The van der Waals surface area contributed by atoms with Crippen molar-refractivity contribution in [2.75, 3.05) is 10.2 Å². The van der Waals surface area contributed by atoms with Gasteiger partial charge in [-0.25, -0.2) is 0 Å². The Labute approximate surface area is 313 Å². The lowest BCUT2D eigenvalue weighted by molar-refractivity contribution is -0.135. The van der Waals surface area contributed by atoms with Crippen molar-refractivity contribution in [1.29, 1.82) is 0 Å². The van der Waals surface area contributed by atoms with E-state index >= 15 is 9.59 Å². The summed E-state index contributed by atoms with van der Waals surface area (Å²) in [5, 5.41) is 14.0. The molecule has 1 heterocycles. The number of benzene rings is 5. The summed E-state index contributed by atoms with van der Waals surface area (Å²) in [6.07, 6.45) is 4.16. The summed E-state index contributed by atoms with van der Waals surface area (Å²) in [5.41, 5.74) is 5.00. The van der Waals surface area contributed by atoms with E-state index < -0.39 is 35.0 Å². The minimum absolute atomic E-state index is 0.128. The van der Waals surface area contributed by atoms with Crippen LogP contribution in [0.1, 0.15) is 41.0 Å². The lowest BCUT2D eigenvalue weighted by atomic mass is 9.44. The Morgan fingerprint density at radius 1 is 0.722 bits per heavy atom. The van der Waals surface area contributed by atoms with Gasteiger partial charge in [0.05, 0.1) is 22.9 Å². The molecule has 1 saturated heterocycles. The molecule has 7 heteroatoms. The number of nitrogens with zero attached hydrogens (tertiary/aromatic N) is 1. The fourth-order valence-corrected chi connectivity index (χ4v) is 9.74. The molecule has 9 rings (SSSR count). The summed E-state index contributed by atoms with van der Waals surface area (Å²) in [5.74, 6) is -3.97. The van der Waals surface area contributed by atoms with Crippen LogP contribution in [-0.4, -0.2) is 28.5 Å². The second kappa shape index (κ2) is 13.0. The molecule has 54 heavy (non-hydrogen) atoms. The Kier molecular flexibility index (Phi) is 8.03. The largest absolute Gasteiger partial charge is 0.508 e. The number of imide groups is 1. The molecule has 1 saturated carbocycles. The average molecular weight is 711 g/mol. The molecule has 4 aliphatic rings. The van der Waals surface area contributed by atoms with Crippen LogP contribution in [-0.2, 0) is 24.6 Å². The number of rotatable bonds is 6. The molecule has 5 aromatic carbocycles. The number of aromatic hydroxyl groups is 1. The van der Waals surface area contributed by atoms with Gasteiger partial charge in [0, 0.05) is 28.8 Å². The van der Waals surface area contributed by atoms with E-state index in [0.29, 0.717) is 28.8 Å². The highest BCUT2D eigenvalue weighted by atomic mass is 16.3. The summed E-state index contributed by atoms with van der Waals surface area (Å²) in [7, 11) is 0. The third-order valence-corrected chi connectivity index (χ3v) is 12.1. The average Bonchev–Trinajstić information content (AvgIpc) is 3.46. The molecule has 2 amide bonds. The third-order valence-electron chi connectivity index (χ3n) is 12.1. The number of nitrogens with one attached hydrogen (secondary N) is 1. The number of hydrogen-bond acceptors (Lipinski definition) is 6. The van der Waals surface area contributed by atoms with Gasteiger partial charge in [-0.05, 0) is 96.5 Å². The maximum absolute atomic E-state index is 15.2. The van der Waals surface area contributed by atoms with Crippen LogP contribution >= 0.6 is 0 Å². The normalized spacial score (nSPS) is 26.0. The van der Waals surface area contributed by atoms with Crippen LogP contribution in [0, 0.1) is 30.6 Å². The number of para-hydroxylation sites is 1. The second-order valence-corrected chi connectivity index (χ2v) is 14.9. The quantitative estimate of drug-likeness (QED) is 0.135. The van der Waals surface area contributed by atoms with Crippen LogP contribution < -0.4 is 10.2 Å². The summed E-state index contributed by atoms with van der Waals surface area (Å²) in [4.78, 5) is 60.6. The zero-order chi connectivity index (χ0) is 37.1. The van der Waals surface area contributed by atoms with Crippen molar-refractivity contribution in [3.05, 3.63) is 173 Å². The standard InChI is InChI=1S/C47H38N2O5/c1-28-25-30(17-24-40(28)50)43-35-22-23-36-42(46(54)49(45(36)53)34-20-18-33(19-21-34)48-32-15-9-4-10-16-32)38(35)26-39-44(52)37(29-11-5-2-6-12-29)27-41(51)47(39,43)31-13-7-3-8-14-31/h2-22,24-25,27,36,38-39,42-43,48,50H,23,26H2,1H3. The number of fused-ring (bicyclic) bond motifs is 4. The van der Waals surface area contributed by atoms with Crippen LogP contribution in [0.15, 0.2) is 151 Å². The first-order chi connectivity index (χ1) is 26.3. The Bertz CT molecular complexity index is 2390. The minimum atomic E-state index is -1.32. The number of phenolic OH excluding ortho intramolecular Hbond substituents is 1. The van der Waals surface area contributed by atoms with Crippen molar-refractivity contribution in [1.82, 2.24) is 0 Å². The van der Waals surface area contributed by atoms with Gasteiger partial charge in [-0.15, -0.1) is 0 Å². The van der Waals surface area contributed by atoms with Crippen LogP contribution in [0.5, 0.6) is 5.75 Å². The predicted molar refractivity (Wildman–Crippen MR) is 208 cm³/mol. The van der Waals surface area contributed by atoms with E-state index in [1.165, 1.54) is 11.0 Å². The van der Waals surface area contributed by atoms with Gasteiger partial charge in [-0.2, -0.15) is 0 Å². The third kappa shape index (κ3) is 5.10. The minimum Gasteiger partial charge on any atom is -0.508 e. The number of aryl methyl sites for hydroxylation is 1. The Morgan fingerprint density at radius 3 is 2.06 bits per heavy atom. The van der Waals surface area contributed by atoms with E-state index in [2.05, 4.69) is 11.4 Å². The lowest BCUT2D eigenvalue weighted by Gasteiger charge is -2.55. The SMILES string of the molecule is Cc1cc(C2C3=CCC4C(=O)N(c5ccc(Nc6ccccc6)cc5)C(=O)C4C3CC3C(=O)C(c4ccccc4)=CC(=O)C32c2ccccc2)ccc1O. The number of anilines is 3. The van der Waals surface area contributed by atoms with Gasteiger partial charge in [0.2, 0.25) is 11.8 Å². The molecule has 2 fully saturated rings. The van der Waals surface area contributed by atoms with Crippen molar-refractivity contribution in [3.8, 4) is 5.75 Å². The Balaban J connectivity index is 1.17. The van der Waals surface area contributed by atoms with Gasteiger partial charge in [-0.1, -0.05) is 103 Å². The monoisotopic (exact) mass is 710 g/mol. The molecule has 0 bridgehead atoms. The number of hydrogen-bond donors (Lipinski definition) is 2. The van der Waals surface area contributed by atoms with Gasteiger partial charge in [-0.3, -0.25) is 24.1 Å². The highest BCUT2D eigenvalue weighted by molar-refractivity contribution is 6.32. The van der Waals surface area contributed by atoms with Crippen LogP contribution in [0.25, 0.3) is 5.57 Å². The first-order valence-corrected chi connectivity index (χ1v) is 18.5. The van der Waals surface area contributed by atoms with E-state index in [-0.39, 0.29) is 35.6 Å². The summed E-state index contributed by atoms with van der Waals surface area (Å²) in [6, 6.07) is 41.2. The molecule has 0 aromatic heterocycles. The number of allylic oxidation sites excluding steroid dienone is 4. The fourth-order valence-electron chi connectivity index (χ4n) is 9.74. The predicted octanol–water partition coefficient (Wildman–Crippen LogP) is 8.47. The maximum Gasteiger partial charge on any atom is 0.238 e. The molecule has 6 atom stereocenters. The number of phenols is 1. The highest BCUT2D eigenvalue weighted by Crippen LogP contribution is 2.64. The van der Waals surface area contributed by atoms with Gasteiger partial charge in [0.1, 0.15) is 5.75 Å². The van der Waals surface area contributed by atoms with Crippen molar-refractivity contribution in [2.24, 2.45) is 23.7 Å². The van der Waals surface area contributed by atoms with Crippen LogP contribution in [0.4, 0.5) is 17.1 Å².